The number of rotatable bonds is 12. The Morgan fingerprint density at radius 1 is 0.962 bits per heavy atom. The van der Waals surface area contributed by atoms with Crippen LogP contribution in [0.4, 0.5) is 10.3 Å². The second-order valence-electron chi connectivity index (χ2n) is 15.7. The number of carbonyl (C=O) groups is 3. The second-order valence-corrected chi connectivity index (χ2v) is 16.1. The average Bonchev–Trinajstić information content (AvgIpc) is 3.83. The van der Waals surface area contributed by atoms with Crippen molar-refractivity contribution >= 4 is 35.3 Å². The molecular formula is C39H49ClFN9O3. The van der Waals surface area contributed by atoms with E-state index in [2.05, 4.69) is 30.9 Å². The van der Waals surface area contributed by atoms with Gasteiger partial charge in [-0.05, 0) is 132 Å². The third-order valence-corrected chi connectivity index (χ3v) is 12.3. The highest BCUT2D eigenvalue weighted by atomic mass is 35.5. The van der Waals surface area contributed by atoms with Crippen molar-refractivity contribution in [3.8, 4) is 11.3 Å². The fourth-order valence-electron chi connectivity index (χ4n) is 8.84. The molecule has 14 heteroatoms. The highest BCUT2D eigenvalue weighted by Crippen LogP contribution is 2.39. The van der Waals surface area contributed by atoms with E-state index in [-0.39, 0.29) is 30.7 Å². The Balaban J connectivity index is 0.766. The largest absolute Gasteiger partial charge is 0.351 e. The third-order valence-electron chi connectivity index (χ3n) is 12.1. The molecule has 2 saturated heterocycles. The molecule has 0 radical (unpaired) electrons. The van der Waals surface area contributed by atoms with E-state index in [4.69, 9.17) is 16.6 Å². The summed E-state index contributed by atoms with van der Waals surface area (Å²) in [5.74, 6) is 0.00757. The van der Waals surface area contributed by atoms with Gasteiger partial charge in [0.2, 0.25) is 17.8 Å². The van der Waals surface area contributed by atoms with Gasteiger partial charge in [0, 0.05) is 48.9 Å². The van der Waals surface area contributed by atoms with Gasteiger partial charge in [0.1, 0.15) is 11.9 Å². The van der Waals surface area contributed by atoms with Gasteiger partial charge in [-0.2, -0.15) is 5.10 Å². The Kier molecular flexibility index (Phi) is 10.5. The summed E-state index contributed by atoms with van der Waals surface area (Å²) in [4.78, 5) is 50.8. The Bertz CT molecular complexity index is 1870. The number of carbonyl (C=O) groups excluding carboxylic acids is 3. The smallest absolute Gasteiger partial charge is 0.255 e. The number of nitrogens with one attached hydrogen (secondary N) is 3. The SMILES string of the molecule is Cn1ncc(-c2nc(NC3CCC(NCCCN4CCC(c5cc(F)cc6c5CN(C5CCC(=O)NC5=O)C6=O)CC4)CC3)ncc2Cl)c1CC1CC1. The van der Waals surface area contributed by atoms with Crippen LogP contribution < -0.4 is 16.0 Å². The van der Waals surface area contributed by atoms with Crippen molar-refractivity contribution in [3.63, 3.8) is 0 Å². The van der Waals surface area contributed by atoms with E-state index in [1.54, 1.807) is 12.3 Å². The van der Waals surface area contributed by atoms with Gasteiger partial charge in [-0.25, -0.2) is 14.4 Å². The number of nitrogens with zero attached hydrogens (tertiary/aromatic N) is 6. The topological polar surface area (TPSA) is 137 Å². The third kappa shape index (κ3) is 7.98. The van der Waals surface area contributed by atoms with Crippen LogP contribution in [-0.4, -0.2) is 91.6 Å². The van der Waals surface area contributed by atoms with Gasteiger partial charge >= 0.3 is 0 Å². The fourth-order valence-corrected chi connectivity index (χ4v) is 9.03. The van der Waals surface area contributed by atoms with Crippen LogP contribution in [0.5, 0.6) is 0 Å². The molecule has 282 valence electrons. The van der Waals surface area contributed by atoms with E-state index in [0.29, 0.717) is 35.0 Å². The molecule has 8 rings (SSSR count). The molecule has 1 aromatic carbocycles. The number of hydrogen-bond donors (Lipinski definition) is 3. The molecule has 2 aromatic heterocycles. The molecule has 2 aliphatic carbocycles. The summed E-state index contributed by atoms with van der Waals surface area (Å²) >= 11 is 6.59. The number of halogens is 2. The maximum atomic E-state index is 14.8. The van der Waals surface area contributed by atoms with Crippen molar-refractivity contribution < 1.29 is 18.8 Å². The molecule has 3 amide bonds. The molecule has 0 bridgehead atoms. The first-order valence-corrected chi connectivity index (χ1v) is 19.8. The monoisotopic (exact) mass is 745 g/mol. The van der Waals surface area contributed by atoms with Crippen molar-refractivity contribution in [1.29, 1.82) is 0 Å². The Labute approximate surface area is 314 Å². The minimum absolute atomic E-state index is 0.164. The van der Waals surface area contributed by atoms with E-state index in [1.807, 2.05) is 17.9 Å². The number of anilines is 1. The lowest BCUT2D eigenvalue weighted by molar-refractivity contribution is -0.136. The normalized spacial score (nSPS) is 24.1. The molecule has 0 spiro atoms. The molecule has 12 nitrogen and oxygen atoms in total. The minimum Gasteiger partial charge on any atom is -0.351 e. The van der Waals surface area contributed by atoms with Crippen molar-refractivity contribution in [3.05, 3.63) is 57.8 Å². The highest BCUT2D eigenvalue weighted by Gasteiger charge is 2.41. The van der Waals surface area contributed by atoms with E-state index >= 15 is 0 Å². The van der Waals surface area contributed by atoms with Gasteiger partial charge in [-0.1, -0.05) is 11.6 Å². The number of piperidine rings is 2. The summed E-state index contributed by atoms with van der Waals surface area (Å²) in [6.45, 7) is 4.11. The number of benzene rings is 1. The first-order valence-electron chi connectivity index (χ1n) is 19.4. The molecule has 3 N–H and O–H groups in total. The van der Waals surface area contributed by atoms with Crippen LogP contribution in [0.1, 0.15) is 104 Å². The Morgan fingerprint density at radius 3 is 2.49 bits per heavy atom. The van der Waals surface area contributed by atoms with Crippen LogP contribution in [0.15, 0.2) is 24.5 Å². The van der Waals surface area contributed by atoms with Crippen molar-refractivity contribution in [2.45, 2.75) is 108 Å². The number of hydrogen-bond acceptors (Lipinski definition) is 9. The summed E-state index contributed by atoms with van der Waals surface area (Å²) in [6, 6.07) is 3.00. The second kappa shape index (κ2) is 15.4. The molecule has 3 aromatic rings. The molecule has 1 atom stereocenters. The molecule has 3 aliphatic heterocycles. The lowest BCUT2D eigenvalue weighted by Gasteiger charge is -2.33. The quantitative estimate of drug-likeness (QED) is 0.174. The summed E-state index contributed by atoms with van der Waals surface area (Å²) in [7, 11) is 1.99. The zero-order valence-electron chi connectivity index (χ0n) is 30.4. The van der Waals surface area contributed by atoms with Gasteiger partial charge in [0.15, 0.2) is 0 Å². The summed E-state index contributed by atoms with van der Waals surface area (Å²) in [5.41, 5.74) is 5.01. The van der Waals surface area contributed by atoms with Gasteiger partial charge in [0.25, 0.3) is 5.91 Å². The van der Waals surface area contributed by atoms with Crippen molar-refractivity contribution in [2.24, 2.45) is 13.0 Å². The van der Waals surface area contributed by atoms with Crippen LogP contribution in [0.3, 0.4) is 0 Å². The standard InChI is InChI=1S/C39H49ClFN9O3/c1-48-34(17-23-3-4-23)30(20-44-48)36-32(40)21-43-39(47-36)45-27-7-5-26(6-8-27)42-13-2-14-49-15-11-24(12-16-49)28-18-25(41)19-29-31(28)22-50(38(29)53)33-9-10-35(51)46-37(33)52/h18-21,23-24,26-27,33,42H,2-17,22H2,1H3,(H,43,45,47)(H,46,51,52). The molecule has 5 aliphatic rings. The number of amides is 3. The number of imide groups is 1. The molecular weight excluding hydrogens is 697 g/mol. The predicted molar refractivity (Wildman–Crippen MR) is 199 cm³/mol. The van der Waals surface area contributed by atoms with Gasteiger partial charge in [-0.3, -0.25) is 24.4 Å². The fraction of sp³-hybridized carbons (Fsp3) is 0.590. The lowest BCUT2D eigenvalue weighted by atomic mass is 9.85. The van der Waals surface area contributed by atoms with Crippen LogP contribution in [0.25, 0.3) is 11.3 Å². The van der Waals surface area contributed by atoms with E-state index < -0.39 is 17.8 Å². The average molecular weight is 746 g/mol. The predicted octanol–water partition coefficient (Wildman–Crippen LogP) is 4.97. The minimum atomic E-state index is -0.703. The maximum Gasteiger partial charge on any atom is 0.255 e. The van der Waals surface area contributed by atoms with Gasteiger partial charge in [-0.15, -0.1) is 0 Å². The van der Waals surface area contributed by atoms with E-state index in [1.165, 1.54) is 29.5 Å². The molecule has 5 heterocycles. The van der Waals surface area contributed by atoms with E-state index in [9.17, 15) is 18.8 Å². The van der Waals surface area contributed by atoms with Gasteiger partial charge in [0.05, 0.1) is 23.1 Å². The van der Waals surface area contributed by atoms with Crippen molar-refractivity contribution in [1.82, 2.24) is 40.2 Å². The number of fused-ring (bicyclic) bond motifs is 1. The molecule has 1 unspecified atom stereocenters. The molecule has 4 fully saturated rings. The Hall–Kier alpha value is -3.94. The van der Waals surface area contributed by atoms with Gasteiger partial charge < -0.3 is 20.4 Å². The number of aryl methyl sites for hydroxylation is 1. The molecule has 2 saturated carbocycles. The number of aromatic nitrogens is 4. The maximum absolute atomic E-state index is 14.8. The first-order chi connectivity index (χ1) is 25.7. The summed E-state index contributed by atoms with van der Waals surface area (Å²) in [6.07, 6.45) is 14.8. The van der Waals surface area contributed by atoms with Crippen LogP contribution >= 0.6 is 11.6 Å². The van der Waals surface area contributed by atoms with Crippen molar-refractivity contribution in [2.75, 3.05) is 31.5 Å². The van der Waals surface area contributed by atoms with Crippen LogP contribution in [0, 0.1) is 11.7 Å². The zero-order valence-corrected chi connectivity index (χ0v) is 31.1. The first kappa shape index (κ1) is 36.1. The molecule has 53 heavy (non-hydrogen) atoms. The summed E-state index contributed by atoms with van der Waals surface area (Å²) in [5, 5.41) is 14.7. The van der Waals surface area contributed by atoms with E-state index in [0.717, 1.165) is 106 Å². The number of likely N-dealkylation sites (tertiary alicyclic amines) is 1. The Morgan fingerprint density at radius 2 is 1.74 bits per heavy atom. The highest BCUT2D eigenvalue weighted by molar-refractivity contribution is 6.33. The lowest BCUT2D eigenvalue weighted by Crippen LogP contribution is -2.52. The van der Waals surface area contributed by atoms with Crippen LogP contribution in [0.2, 0.25) is 5.02 Å². The summed E-state index contributed by atoms with van der Waals surface area (Å²) < 4.78 is 16.8. The zero-order chi connectivity index (χ0) is 36.6. The van der Waals surface area contributed by atoms with Crippen LogP contribution in [-0.2, 0) is 29.6 Å².